The molecule has 13 heavy (non-hydrogen) atoms. The van der Waals surface area contributed by atoms with Crippen molar-refractivity contribution in [2.24, 2.45) is 16.8 Å². The molecular formula is C10H19NO2. The molecule has 0 radical (unpaired) electrons. The van der Waals surface area contributed by atoms with Gasteiger partial charge in [-0.3, -0.25) is 4.99 Å². The van der Waals surface area contributed by atoms with Gasteiger partial charge in [0.2, 0.25) is 0 Å². The maximum atomic E-state index is 9.68. The predicted octanol–water partition coefficient (Wildman–Crippen LogP) is 0.843. The Hall–Kier alpha value is -0.410. The molecule has 0 saturated carbocycles. The minimum atomic E-state index is -0.757. The zero-order chi connectivity index (χ0) is 10.2. The van der Waals surface area contributed by atoms with E-state index in [4.69, 9.17) is 0 Å². The molecule has 1 heterocycles. The molecule has 0 saturated heterocycles. The molecule has 0 bridgehead atoms. The first-order valence-electron chi connectivity index (χ1n) is 4.88. The molecule has 0 aromatic heterocycles. The van der Waals surface area contributed by atoms with Gasteiger partial charge in [0.1, 0.15) is 12.2 Å². The largest absolute Gasteiger partial charge is 0.388 e. The Morgan fingerprint density at radius 2 is 1.69 bits per heavy atom. The number of nitrogens with zero attached hydrogens (tertiary/aromatic N) is 1. The van der Waals surface area contributed by atoms with Gasteiger partial charge in [0.15, 0.2) is 0 Å². The molecular weight excluding hydrogens is 166 g/mol. The van der Waals surface area contributed by atoms with E-state index in [1.54, 1.807) is 0 Å². The molecule has 2 unspecified atom stereocenters. The Morgan fingerprint density at radius 1 is 1.15 bits per heavy atom. The third-order valence-corrected chi connectivity index (χ3v) is 2.55. The Balaban J connectivity index is 2.82. The number of aliphatic imine (C=N–C) groups is 1. The quantitative estimate of drug-likeness (QED) is 0.670. The van der Waals surface area contributed by atoms with Crippen molar-refractivity contribution in [2.45, 2.75) is 45.9 Å². The third kappa shape index (κ3) is 1.92. The maximum Gasteiger partial charge on any atom is 0.120 e. The van der Waals surface area contributed by atoms with Gasteiger partial charge in [-0.2, -0.15) is 0 Å². The average Bonchev–Trinajstić information content (AvgIpc) is 2.29. The fourth-order valence-electron chi connectivity index (χ4n) is 1.72. The second-order valence-electron chi connectivity index (χ2n) is 4.38. The first-order chi connectivity index (χ1) is 5.95. The van der Waals surface area contributed by atoms with Gasteiger partial charge in [-0.1, -0.05) is 27.7 Å². The van der Waals surface area contributed by atoms with Crippen LogP contribution in [-0.2, 0) is 0 Å². The van der Waals surface area contributed by atoms with E-state index in [1.807, 2.05) is 27.7 Å². The zero-order valence-corrected chi connectivity index (χ0v) is 8.73. The van der Waals surface area contributed by atoms with E-state index in [2.05, 4.69) is 4.99 Å². The van der Waals surface area contributed by atoms with Gasteiger partial charge in [-0.25, -0.2) is 0 Å². The highest BCUT2D eigenvalue weighted by Gasteiger charge is 2.38. The van der Waals surface area contributed by atoms with Crippen LogP contribution in [0.1, 0.15) is 27.7 Å². The lowest BCUT2D eigenvalue weighted by Gasteiger charge is -2.18. The van der Waals surface area contributed by atoms with Crippen LogP contribution in [0.25, 0.3) is 0 Å². The summed E-state index contributed by atoms with van der Waals surface area (Å²) in [5, 5.41) is 19.3. The molecule has 0 fully saturated rings. The average molecular weight is 185 g/mol. The smallest absolute Gasteiger partial charge is 0.120 e. The third-order valence-electron chi connectivity index (χ3n) is 2.55. The Labute approximate surface area is 79.5 Å². The molecule has 0 spiro atoms. The van der Waals surface area contributed by atoms with Crippen LogP contribution in [0.5, 0.6) is 0 Å². The lowest BCUT2D eigenvalue weighted by molar-refractivity contribution is 0.0439. The summed E-state index contributed by atoms with van der Waals surface area (Å²) in [4.78, 5) is 4.37. The van der Waals surface area contributed by atoms with Crippen LogP contribution in [0.4, 0.5) is 0 Å². The SMILES string of the molecule is CC(C)C1=NC(C(C)C)[C@@H](O)C1O. The number of hydrogen-bond acceptors (Lipinski definition) is 3. The summed E-state index contributed by atoms with van der Waals surface area (Å²) in [6.07, 6.45) is -1.47. The molecule has 2 N–H and O–H groups in total. The fourth-order valence-corrected chi connectivity index (χ4v) is 1.72. The topological polar surface area (TPSA) is 52.8 Å². The van der Waals surface area contributed by atoms with Crippen LogP contribution in [0.2, 0.25) is 0 Å². The van der Waals surface area contributed by atoms with E-state index in [-0.39, 0.29) is 17.9 Å². The van der Waals surface area contributed by atoms with E-state index in [0.29, 0.717) is 0 Å². The van der Waals surface area contributed by atoms with Crippen molar-refractivity contribution < 1.29 is 10.2 Å². The summed E-state index contributed by atoms with van der Waals surface area (Å²) >= 11 is 0. The molecule has 3 nitrogen and oxygen atoms in total. The van der Waals surface area contributed by atoms with Gasteiger partial charge < -0.3 is 10.2 Å². The Morgan fingerprint density at radius 3 is 1.92 bits per heavy atom. The van der Waals surface area contributed by atoms with Crippen LogP contribution >= 0.6 is 0 Å². The molecule has 3 heteroatoms. The molecule has 0 aliphatic carbocycles. The number of aliphatic hydroxyl groups excluding tert-OH is 2. The van der Waals surface area contributed by atoms with E-state index >= 15 is 0 Å². The van der Waals surface area contributed by atoms with Crippen molar-refractivity contribution in [1.82, 2.24) is 0 Å². The van der Waals surface area contributed by atoms with Crippen molar-refractivity contribution >= 4 is 5.71 Å². The van der Waals surface area contributed by atoms with Gasteiger partial charge in [0.05, 0.1) is 6.04 Å². The van der Waals surface area contributed by atoms with Crippen LogP contribution in [0, 0.1) is 11.8 Å². The lowest BCUT2D eigenvalue weighted by atomic mass is 9.95. The predicted molar refractivity (Wildman–Crippen MR) is 52.9 cm³/mol. The van der Waals surface area contributed by atoms with Crippen LogP contribution in [-0.4, -0.2) is 34.2 Å². The number of hydrogen-bond donors (Lipinski definition) is 2. The molecule has 1 rings (SSSR count). The van der Waals surface area contributed by atoms with Gasteiger partial charge in [0, 0.05) is 5.71 Å². The lowest BCUT2D eigenvalue weighted by Crippen LogP contribution is -2.37. The monoisotopic (exact) mass is 185 g/mol. The van der Waals surface area contributed by atoms with Crippen molar-refractivity contribution in [2.75, 3.05) is 0 Å². The van der Waals surface area contributed by atoms with E-state index in [1.165, 1.54) is 0 Å². The van der Waals surface area contributed by atoms with E-state index < -0.39 is 12.2 Å². The second-order valence-corrected chi connectivity index (χ2v) is 4.38. The Kier molecular flexibility index (Phi) is 3.09. The van der Waals surface area contributed by atoms with E-state index in [0.717, 1.165) is 5.71 Å². The molecule has 1 aliphatic rings. The Bertz CT molecular complexity index is 211. The summed E-state index contributed by atoms with van der Waals surface area (Å²) < 4.78 is 0. The molecule has 1 aliphatic heterocycles. The minimum Gasteiger partial charge on any atom is -0.388 e. The normalized spacial score (nSPS) is 34.5. The van der Waals surface area contributed by atoms with Gasteiger partial charge in [-0.15, -0.1) is 0 Å². The molecule has 3 atom stereocenters. The number of rotatable bonds is 2. The highest BCUT2D eigenvalue weighted by Crippen LogP contribution is 2.24. The number of aliphatic hydroxyl groups is 2. The van der Waals surface area contributed by atoms with Crippen molar-refractivity contribution in [3.8, 4) is 0 Å². The van der Waals surface area contributed by atoms with Crippen LogP contribution in [0.3, 0.4) is 0 Å². The van der Waals surface area contributed by atoms with Crippen LogP contribution in [0.15, 0.2) is 4.99 Å². The van der Waals surface area contributed by atoms with Gasteiger partial charge >= 0.3 is 0 Å². The van der Waals surface area contributed by atoms with Gasteiger partial charge in [-0.05, 0) is 11.8 Å². The molecule has 0 amide bonds. The minimum absolute atomic E-state index is 0.132. The van der Waals surface area contributed by atoms with Crippen molar-refractivity contribution in [1.29, 1.82) is 0 Å². The van der Waals surface area contributed by atoms with Gasteiger partial charge in [0.25, 0.3) is 0 Å². The summed E-state index contributed by atoms with van der Waals surface area (Å²) in [5.74, 6) is 0.495. The first-order valence-corrected chi connectivity index (χ1v) is 4.88. The standard InChI is InChI=1S/C10H19NO2/c1-5(2)7-9(12)10(13)8(11-7)6(3)4/h5-7,9-10,12-13H,1-4H3/t7?,9-,10?/m1/s1. The molecule has 0 aromatic rings. The highest BCUT2D eigenvalue weighted by molar-refractivity contribution is 5.92. The second kappa shape index (κ2) is 3.76. The maximum absolute atomic E-state index is 9.68. The summed E-state index contributed by atoms with van der Waals surface area (Å²) in [7, 11) is 0. The fraction of sp³-hybridized carbons (Fsp3) is 0.900. The summed E-state index contributed by atoms with van der Waals surface area (Å²) in [5.41, 5.74) is 0.742. The molecule has 0 aromatic carbocycles. The zero-order valence-electron chi connectivity index (χ0n) is 8.73. The summed E-state index contributed by atoms with van der Waals surface area (Å²) in [6.45, 7) is 7.98. The highest BCUT2D eigenvalue weighted by atomic mass is 16.3. The van der Waals surface area contributed by atoms with Crippen molar-refractivity contribution in [3.05, 3.63) is 0 Å². The first kappa shape index (κ1) is 10.7. The van der Waals surface area contributed by atoms with E-state index in [9.17, 15) is 10.2 Å². The molecule has 76 valence electrons. The van der Waals surface area contributed by atoms with Crippen molar-refractivity contribution in [3.63, 3.8) is 0 Å². The van der Waals surface area contributed by atoms with Crippen LogP contribution < -0.4 is 0 Å². The summed E-state index contributed by atoms with van der Waals surface area (Å²) in [6, 6.07) is -0.132.